The number of benzene rings is 1. The van der Waals surface area contributed by atoms with Gasteiger partial charge in [0.2, 0.25) is 0 Å². The zero-order valence-corrected chi connectivity index (χ0v) is 9.06. The molecule has 0 saturated carbocycles. The van der Waals surface area contributed by atoms with Crippen molar-refractivity contribution in [2.45, 2.75) is 19.4 Å². The molecule has 0 fully saturated rings. The highest BCUT2D eigenvalue weighted by molar-refractivity contribution is 5.20. The van der Waals surface area contributed by atoms with Crippen molar-refractivity contribution < 1.29 is 14.6 Å². The topological polar surface area (TPSA) is 38.7 Å². The molecule has 3 heteroatoms. The van der Waals surface area contributed by atoms with E-state index < -0.39 is 6.10 Å². The van der Waals surface area contributed by atoms with Gasteiger partial charge in [-0.2, -0.15) is 0 Å². The van der Waals surface area contributed by atoms with E-state index in [4.69, 9.17) is 9.47 Å². The van der Waals surface area contributed by atoms with Gasteiger partial charge in [-0.3, -0.25) is 0 Å². The van der Waals surface area contributed by atoms with Gasteiger partial charge in [-0.25, -0.2) is 0 Å². The van der Waals surface area contributed by atoms with Crippen molar-refractivity contribution >= 4 is 0 Å². The lowest BCUT2D eigenvalue weighted by molar-refractivity contribution is 0.0590. The fourth-order valence-electron chi connectivity index (χ4n) is 1.16. The van der Waals surface area contributed by atoms with E-state index in [1.54, 1.807) is 0 Å². The van der Waals surface area contributed by atoms with Gasteiger partial charge in [0.05, 0.1) is 6.10 Å². The molecule has 3 nitrogen and oxygen atoms in total. The first-order chi connectivity index (χ1) is 7.33. The molecule has 1 unspecified atom stereocenters. The fourth-order valence-corrected chi connectivity index (χ4v) is 1.16. The highest BCUT2D eigenvalue weighted by Gasteiger charge is 2.04. The quantitative estimate of drug-likeness (QED) is 0.698. The van der Waals surface area contributed by atoms with Crippen molar-refractivity contribution in [2.75, 3.05) is 19.8 Å². The third-order valence-electron chi connectivity index (χ3n) is 1.99. The van der Waals surface area contributed by atoms with Crippen molar-refractivity contribution in [1.29, 1.82) is 0 Å². The maximum absolute atomic E-state index is 9.53. The zero-order valence-electron chi connectivity index (χ0n) is 9.06. The van der Waals surface area contributed by atoms with Gasteiger partial charge < -0.3 is 14.6 Å². The molecule has 1 aromatic carbocycles. The van der Waals surface area contributed by atoms with Crippen LogP contribution in [0.15, 0.2) is 30.3 Å². The number of aliphatic hydroxyl groups excluding tert-OH is 1. The first-order valence-corrected chi connectivity index (χ1v) is 5.26. The molecule has 0 aliphatic rings. The molecule has 0 aliphatic carbocycles. The number of hydrogen-bond acceptors (Lipinski definition) is 3. The van der Waals surface area contributed by atoms with Gasteiger partial charge in [0, 0.05) is 13.2 Å². The minimum atomic E-state index is -0.461. The number of aliphatic hydroxyl groups is 1. The van der Waals surface area contributed by atoms with Crippen LogP contribution < -0.4 is 4.74 Å². The van der Waals surface area contributed by atoms with Gasteiger partial charge in [-0.15, -0.1) is 0 Å². The Hall–Kier alpha value is -1.06. The lowest BCUT2D eigenvalue weighted by Crippen LogP contribution is -2.19. The molecule has 0 aromatic heterocycles. The lowest BCUT2D eigenvalue weighted by atomic mass is 10.3. The summed E-state index contributed by atoms with van der Waals surface area (Å²) in [6.07, 6.45) is 0.150. The Morgan fingerprint density at radius 2 is 2.00 bits per heavy atom. The first kappa shape index (κ1) is 12.0. The Labute approximate surface area is 90.6 Å². The first-order valence-electron chi connectivity index (χ1n) is 5.26. The Balaban J connectivity index is 2.14. The fraction of sp³-hybridized carbons (Fsp3) is 0.500. The molecule has 0 bridgehead atoms. The summed E-state index contributed by atoms with van der Waals surface area (Å²) in [6, 6.07) is 9.48. The molecule has 0 spiro atoms. The second-order valence-electron chi connectivity index (χ2n) is 3.26. The maximum atomic E-state index is 9.53. The Bertz CT molecular complexity index is 248. The predicted octanol–water partition coefficient (Wildman–Crippen LogP) is 1.85. The highest BCUT2D eigenvalue weighted by atomic mass is 16.5. The Kier molecular flexibility index (Phi) is 5.81. The van der Waals surface area contributed by atoms with Crippen molar-refractivity contribution in [3.05, 3.63) is 30.3 Å². The van der Waals surface area contributed by atoms with Crippen LogP contribution in [0.25, 0.3) is 0 Å². The van der Waals surface area contributed by atoms with Crippen LogP contribution in [0.1, 0.15) is 13.3 Å². The summed E-state index contributed by atoms with van der Waals surface area (Å²) in [5.41, 5.74) is 0. The molecule has 0 aliphatic heterocycles. The molecule has 0 saturated heterocycles. The van der Waals surface area contributed by atoms with Crippen LogP contribution in [-0.4, -0.2) is 31.0 Å². The lowest BCUT2D eigenvalue weighted by Gasteiger charge is -2.11. The minimum absolute atomic E-state index is 0.317. The van der Waals surface area contributed by atoms with Crippen LogP contribution in [0, 0.1) is 0 Å². The zero-order chi connectivity index (χ0) is 10.9. The Morgan fingerprint density at radius 3 is 2.67 bits per heavy atom. The second-order valence-corrected chi connectivity index (χ2v) is 3.26. The monoisotopic (exact) mass is 210 g/mol. The van der Waals surface area contributed by atoms with E-state index in [1.807, 2.05) is 37.3 Å². The molecular weight excluding hydrogens is 192 g/mol. The second kappa shape index (κ2) is 7.26. The van der Waals surface area contributed by atoms with Crippen LogP contribution in [0.2, 0.25) is 0 Å². The molecule has 1 rings (SSSR count). The normalized spacial score (nSPS) is 12.4. The van der Waals surface area contributed by atoms with E-state index >= 15 is 0 Å². The third kappa shape index (κ3) is 5.40. The number of para-hydroxylation sites is 1. The van der Waals surface area contributed by atoms with Gasteiger partial charge in [-0.05, 0) is 25.5 Å². The van der Waals surface area contributed by atoms with Crippen LogP contribution >= 0.6 is 0 Å². The van der Waals surface area contributed by atoms with Crippen LogP contribution in [0.5, 0.6) is 5.75 Å². The largest absolute Gasteiger partial charge is 0.491 e. The molecule has 1 atom stereocenters. The smallest absolute Gasteiger partial charge is 0.119 e. The van der Waals surface area contributed by atoms with Gasteiger partial charge in [-0.1, -0.05) is 18.2 Å². The summed E-state index contributed by atoms with van der Waals surface area (Å²) in [4.78, 5) is 0. The Morgan fingerprint density at radius 1 is 1.27 bits per heavy atom. The molecule has 15 heavy (non-hydrogen) atoms. The van der Waals surface area contributed by atoms with Crippen molar-refractivity contribution in [1.82, 2.24) is 0 Å². The third-order valence-corrected chi connectivity index (χ3v) is 1.99. The predicted molar refractivity (Wildman–Crippen MR) is 59.1 cm³/mol. The molecule has 0 radical (unpaired) electrons. The van der Waals surface area contributed by atoms with Crippen molar-refractivity contribution in [3.63, 3.8) is 0 Å². The van der Waals surface area contributed by atoms with Crippen molar-refractivity contribution in [3.8, 4) is 5.75 Å². The van der Waals surface area contributed by atoms with Crippen LogP contribution in [0.4, 0.5) is 0 Å². The average molecular weight is 210 g/mol. The molecule has 1 N–H and O–H groups in total. The van der Waals surface area contributed by atoms with Crippen LogP contribution in [0.3, 0.4) is 0 Å². The number of rotatable bonds is 7. The molecule has 84 valence electrons. The molecule has 0 amide bonds. The van der Waals surface area contributed by atoms with Crippen molar-refractivity contribution in [2.24, 2.45) is 0 Å². The molecule has 1 aromatic rings. The molecule has 0 heterocycles. The standard InChI is InChI=1S/C12H18O3/c1-2-14-9-8-11(13)10-15-12-6-4-3-5-7-12/h3-7,11,13H,2,8-10H2,1H3. The van der Waals surface area contributed by atoms with Gasteiger partial charge in [0.25, 0.3) is 0 Å². The molecular formula is C12H18O3. The highest BCUT2D eigenvalue weighted by Crippen LogP contribution is 2.08. The summed E-state index contributed by atoms with van der Waals surface area (Å²) in [5.74, 6) is 0.785. The van der Waals surface area contributed by atoms with E-state index in [2.05, 4.69) is 0 Å². The summed E-state index contributed by atoms with van der Waals surface area (Å²) in [5, 5.41) is 9.53. The van der Waals surface area contributed by atoms with E-state index in [9.17, 15) is 5.11 Å². The summed E-state index contributed by atoms with van der Waals surface area (Å²) in [6.45, 7) is 3.52. The summed E-state index contributed by atoms with van der Waals surface area (Å²) < 4.78 is 10.5. The minimum Gasteiger partial charge on any atom is -0.491 e. The SMILES string of the molecule is CCOCCC(O)COc1ccccc1. The van der Waals surface area contributed by atoms with Gasteiger partial charge in [0.1, 0.15) is 12.4 Å². The van der Waals surface area contributed by atoms with E-state index in [1.165, 1.54) is 0 Å². The number of ether oxygens (including phenoxy) is 2. The summed E-state index contributed by atoms with van der Waals surface area (Å²) >= 11 is 0. The van der Waals surface area contributed by atoms with E-state index in [0.717, 1.165) is 5.75 Å². The van der Waals surface area contributed by atoms with Gasteiger partial charge >= 0.3 is 0 Å². The average Bonchev–Trinajstić information content (AvgIpc) is 2.28. The van der Waals surface area contributed by atoms with E-state index in [0.29, 0.717) is 26.2 Å². The van der Waals surface area contributed by atoms with Crippen LogP contribution in [-0.2, 0) is 4.74 Å². The maximum Gasteiger partial charge on any atom is 0.119 e. The number of hydrogen-bond donors (Lipinski definition) is 1. The summed E-state index contributed by atoms with van der Waals surface area (Å²) in [7, 11) is 0. The van der Waals surface area contributed by atoms with E-state index in [-0.39, 0.29) is 0 Å². The van der Waals surface area contributed by atoms with Gasteiger partial charge in [0.15, 0.2) is 0 Å².